The summed E-state index contributed by atoms with van der Waals surface area (Å²) in [5.41, 5.74) is 6.12. The third-order valence-electron chi connectivity index (χ3n) is 4.67. The van der Waals surface area contributed by atoms with Gasteiger partial charge in [-0.15, -0.1) is 0 Å². The molecule has 7 heteroatoms. The second kappa shape index (κ2) is 9.87. The summed E-state index contributed by atoms with van der Waals surface area (Å²) in [7, 11) is 0. The molecule has 2 heterocycles. The molecule has 1 aromatic carbocycles. The Hall–Kier alpha value is -1.67. The average Bonchev–Trinajstić information content (AvgIpc) is 2.92. The van der Waals surface area contributed by atoms with E-state index in [-0.39, 0.29) is 12.0 Å². The van der Waals surface area contributed by atoms with Crippen LogP contribution >= 0.6 is 0 Å². The van der Waals surface area contributed by atoms with Crippen LogP contribution in [0.5, 0.6) is 5.75 Å². The van der Waals surface area contributed by atoms with Gasteiger partial charge in [0.1, 0.15) is 12.4 Å². The number of ether oxygens (including phenoxy) is 3. The van der Waals surface area contributed by atoms with Gasteiger partial charge in [0.25, 0.3) is 5.91 Å². The number of morpholine rings is 1. The van der Waals surface area contributed by atoms with Crippen LogP contribution in [0.3, 0.4) is 0 Å². The second-order valence-electron chi connectivity index (χ2n) is 6.68. The lowest BCUT2D eigenvalue weighted by molar-refractivity contribution is -0.0112. The molecule has 1 aromatic rings. The number of carbonyl (C=O) groups excluding carboxylic acids is 1. The summed E-state index contributed by atoms with van der Waals surface area (Å²) in [6.07, 6.45) is 0.894. The molecule has 0 saturated carbocycles. The summed E-state index contributed by atoms with van der Waals surface area (Å²) in [5, 5.41) is 0. The first-order valence-electron chi connectivity index (χ1n) is 9.40. The number of hydrogen-bond acceptors (Lipinski definition) is 6. The first kappa shape index (κ1) is 19.1. The van der Waals surface area contributed by atoms with Crippen molar-refractivity contribution in [3.8, 4) is 5.75 Å². The molecule has 2 fully saturated rings. The Bertz CT molecular complexity index is 578. The molecule has 2 saturated heterocycles. The molecule has 2 aliphatic heterocycles. The van der Waals surface area contributed by atoms with Crippen LogP contribution in [0.1, 0.15) is 16.8 Å². The fourth-order valence-electron chi connectivity index (χ4n) is 3.34. The molecule has 144 valence electrons. The summed E-state index contributed by atoms with van der Waals surface area (Å²) in [6.45, 7) is 7.14. The molecule has 0 bridgehead atoms. The van der Waals surface area contributed by atoms with E-state index in [0.717, 1.165) is 39.3 Å². The van der Waals surface area contributed by atoms with Gasteiger partial charge in [0.05, 0.1) is 19.3 Å². The largest absolute Gasteiger partial charge is 0.492 e. The maximum absolute atomic E-state index is 13.0. The third kappa shape index (κ3) is 5.41. The van der Waals surface area contributed by atoms with Crippen LogP contribution in [0.4, 0.5) is 0 Å². The van der Waals surface area contributed by atoms with E-state index < -0.39 is 0 Å². The van der Waals surface area contributed by atoms with Gasteiger partial charge in [-0.2, -0.15) is 0 Å². The fraction of sp³-hybridized carbons (Fsp3) is 0.632. The van der Waals surface area contributed by atoms with Crippen LogP contribution in [0.25, 0.3) is 0 Å². The van der Waals surface area contributed by atoms with E-state index in [0.29, 0.717) is 44.2 Å². The van der Waals surface area contributed by atoms with Crippen molar-refractivity contribution in [1.82, 2.24) is 9.80 Å². The van der Waals surface area contributed by atoms with Crippen LogP contribution in [0, 0.1) is 0 Å². The number of hydrogen-bond donors (Lipinski definition) is 1. The van der Waals surface area contributed by atoms with Gasteiger partial charge in [0, 0.05) is 51.4 Å². The van der Waals surface area contributed by atoms with Crippen LogP contribution in [0.2, 0.25) is 0 Å². The molecule has 2 N–H and O–H groups in total. The van der Waals surface area contributed by atoms with Crippen LogP contribution < -0.4 is 10.5 Å². The van der Waals surface area contributed by atoms with Gasteiger partial charge < -0.3 is 24.8 Å². The lowest BCUT2D eigenvalue weighted by Gasteiger charge is -2.31. The van der Waals surface area contributed by atoms with Gasteiger partial charge in [0.2, 0.25) is 0 Å². The summed E-state index contributed by atoms with van der Waals surface area (Å²) >= 11 is 0. The molecule has 0 unspecified atom stereocenters. The van der Waals surface area contributed by atoms with Crippen LogP contribution in [-0.4, -0.2) is 87.5 Å². The van der Waals surface area contributed by atoms with Crippen molar-refractivity contribution in [1.29, 1.82) is 0 Å². The van der Waals surface area contributed by atoms with Crippen molar-refractivity contribution in [2.45, 2.75) is 12.5 Å². The third-order valence-corrected chi connectivity index (χ3v) is 4.67. The smallest absolute Gasteiger partial charge is 0.254 e. The minimum atomic E-state index is 0.0284. The van der Waals surface area contributed by atoms with Crippen molar-refractivity contribution in [3.63, 3.8) is 0 Å². The zero-order chi connectivity index (χ0) is 18.2. The Kier molecular flexibility index (Phi) is 7.25. The number of nitrogens with two attached hydrogens (primary N) is 1. The van der Waals surface area contributed by atoms with Crippen LogP contribution in [0.15, 0.2) is 24.3 Å². The number of nitrogens with zero attached hydrogens (tertiary/aromatic N) is 2. The van der Waals surface area contributed by atoms with E-state index in [4.69, 9.17) is 19.9 Å². The normalized spacial score (nSPS) is 22.0. The summed E-state index contributed by atoms with van der Waals surface area (Å²) in [4.78, 5) is 17.2. The zero-order valence-electron chi connectivity index (χ0n) is 15.3. The highest BCUT2D eigenvalue weighted by atomic mass is 16.5. The standard InChI is InChI=1S/C19H29N3O4/c20-5-10-26-17-4-1-3-16(13-17)19(23)22-6-2-9-25-18(15-22)14-21-7-11-24-12-8-21/h1,3-4,13,18H,2,5-12,14-15,20H2/t18-/m0/s1. The predicted molar refractivity (Wildman–Crippen MR) is 98.5 cm³/mol. The monoisotopic (exact) mass is 363 g/mol. The van der Waals surface area contributed by atoms with Gasteiger partial charge in [0.15, 0.2) is 0 Å². The minimum Gasteiger partial charge on any atom is -0.492 e. The number of amides is 1. The molecule has 7 nitrogen and oxygen atoms in total. The van der Waals surface area contributed by atoms with E-state index in [1.54, 1.807) is 6.07 Å². The highest BCUT2D eigenvalue weighted by Gasteiger charge is 2.26. The molecular formula is C19H29N3O4. The van der Waals surface area contributed by atoms with Crippen molar-refractivity contribution >= 4 is 5.91 Å². The van der Waals surface area contributed by atoms with Gasteiger partial charge >= 0.3 is 0 Å². The number of carbonyl (C=O) groups is 1. The minimum absolute atomic E-state index is 0.0284. The van der Waals surface area contributed by atoms with Crippen molar-refractivity contribution < 1.29 is 19.0 Å². The molecule has 2 aliphatic rings. The van der Waals surface area contributed by atoms with E-state index in [1.807, 2.05) is 23.1 Å². The molecule has 0 aliphatic carbocycles. The first-order chi connectivity index (χ1) is 12.8. The van der Waals surface area contributed by atoms with Gasteiger partial charge in [-0.25, -0.2) is 0 Å². The van der Waals surface area contributed by atoms with Crippen molar-refractivity contribution in [2.24, 2.45) is 5.73 Å². The Morgan fingerprint density at radius 3 is 2.88 bits per heavy atom. The quantitative estimate of drug-likeness (QED) is 0.797. The van der Waals surface area contributed by atoms with Gasteiger partial charge in [-0.1, -0.05) is 6.07 Å². The molecule has 0 spiro atoms. The summed E-state index contributed by atoms with van der Waals surface area (Å²) in [5.74, 6) is 0.706. The van der Waals surface area contributed by atoms with E-state index >= 15 is 0 Å². The Morgan fingerprint density at radius 1 is 1.23 bits per heavy atom. The van der Waals surface area contributed by atoms with E-state index in [1.165, 1.54) is 0 Å². The molecule has 3 rings (SSSR count). The van der Waals surface area contributed by atoms with Gasteiger partial charge in [-0.3, -0.25) is 9.69 Å². The fourth-order valence-corrected chi connectivity index (χ4v) is 3.34. The Morgan fingerprint density at radius 2 is 2.08 bits per heavy atom. The average molecular weight is 363 g/mol. The first-order valence-corrected chi connectivity index (χ1v) is 9.40. The van der Waals surface area contributed by atoms with Crippen molar-refractivity contribution in [2.75, 3.05) is 65.7 Å². The molecular weight excluding hydrogens is 334 g/mol. The van der Waals surface area contributed by atoms with Crippen molar-refractivity contribution in [3.05, 3.63) is 29.8 Å². The Balaban J connectivity index is 1.61. The van der Waals surface area contributed by atoms with E-state index in [2.05, 4.69) is 4.90 Å². The summed E-state index contributed by atoms with van der Waals surface area (Å²) < 4.78 is 16.9. The van der Waals surface area contributed by atoms with E-state index in [9.17, 15) is 4.79 Å². The SMILES string of the molecule is NCCOc1cccc(C(=O)N2CCCO[C@@H](CN3CCOCC3)C2)c1. The zero-order valence-corrected chi connectivity index (χ0v) is 15.3. The molecule has 0 aromatic heterocycles. The molecule has 0 radical (unpaired) electrons. The lowest BCUT2D eigenvalue weighted by Crippen LogP contribution is -2.45. The predicted octanol–water partition coefficient (Wildman–Crippen LogP) is 0.587. The number of rotatable bonds is 6. The second-order valence-corrected chi connectivity index (χ2v) is 6.68. The Labute approximate surface area is 155 Å². The highest BCUT2D eigenvalue weighted by Crippen LogP contribution is 2.17. The maximum Gasteiger partial charge on any atom is 0.254 e. The lowest BCUT2D eigenvalue weighted by atomic mass is 10.1. The molecule has 26 heavy (non-hydrogen) atoms. The molecule has 1 atom stereocenters. The maximum atomic E-state index is 13.0. The van der Waals surface area contributed by atoms with Gasteiger partial charge in [-0.05, 0) is 24.6 Å². The van der Waals surface area contributed by atoms with Crippen LogP contribution in [-0.2, 0) is 9.47 Å². The highest BCUT2D eigenvalue weighted by molar-refractivity contribution is 5.94. The molecule has 1 amide bonds. The topological polar surface area (TPSA) is 77.3 Å². The number of benzene rings is 1. The summed E-state index contributed by atoms with van der Waals surface area (Å²) in [6, 6.07) is 7.32.